The average Bonchev–Trinajstić information content (AvgIpc) is 3.19. The van der Waals surface area contributed by atoms with Crippen molar-refractivity contribution in [3.63, 3.8) is 0 Å². The molecule has 0 aliphatic heterocycles. The second kappa shape index (κ2) is 12.5. The van der Waals surface area contributed by atoms with E-state index in [4.69, 9.17) is 0 Å². The standard InChI is InChI=1S/C48H34N2/c1-33-23-25-37(26-24-33)50(39-20-13-29-49-32-39)38-27-28-42-45(30-38)40-21-11-12-22-41(40)47-44(35-16-7-3-8-17-35)31-43(34-14-5-2-6-15-34)46(48(42)47)36-18-9-4-10-19-36/h2-32H,1H3. The smallest absolute Gasteiger partial charge is 0.0644 e. The van der Waals surface area contributed by atoms with Crippen molar-refractivity contribution in [1.29, 1.82) is 0 Å². The first-order chi connectivity index (χ1) is 24.7. The number of aromatic nitrogens is 1. The van der Waals surface area contributed by atoms with Crippen LogP contribution in [0, 0.1) is 6.92 Å². The third-order valence-electron chi connectivity index (χ3n) is 9.77. The summed E-state index contributed by atoms with van der Waals surface area (Å²) in [4.78, 5) is 6.81. The fraction of sp³-hybridized carbons (Fsp3) is 0.0208. The normalized spacial score (nSPS) is 11.3. The number of aryl methyl sites for hydroxylation is 1. The first-order valence-electron chi connectivity index (χ1n) is 17.1. The highest BCUT2D eigenvalue weighted by atomic mass is 15.1. The van der Waals surface area contributed by atoms with Gasteiger partial charge in [0.1, 0.15) is 0 Å². The molecule has 0 saturated carbocycles. The molecule has 2 nitrogen and oxygen atoms in total. The van der Waals surface area contributed by atoms with Crippen LogP contribution in [0.4, 0.5) is 17.1 Å². The Balaban J connectivity index is 1.46. The van der Waals surface area contributed by atoms with Crippen molar-refractivity contribution in [2.24, 2.45) is 0 Å². The number of pyridine rings is 1. The topological polar surface area (TPSA) is 16.1 Å². The Morgan fingerprint density at radius 2 is 0.980 bits per heavy atom. The maximum absolute atomic E-state index is 4.51. The summed E-state index contributed by atoms with van der Waals surface area (Å²) in [5, 5.41) is 7.45. The lowest BCUT2D eigenvalue weighted by Gasteiger charge is -2.26. The van der Waals surface area contributed by atoms with E-state index in [9.17, 15) is 0 Å². The highest BCUT2D eigenvalue weighted by Crippen LogP contribution is 2.50. The summed E-state index contributed by atoms with van der Waals surface area (Å²) in [6, 6.07) is 63.8. The number of fused-ring (bicyclic) bond motifs is 6. The molecule has 0 aliphatic carbocycles. The molecule has 236 valence electrons. The van der Waals surface area contributed by atoms with Crippen molar-refractivity contribution in [3.05, 3.63) is 194 Å². The summed E-state index contributed by atoms with van der Waals surface area (Å²) in [5.41, 5.74) is 11.7. The molecule has 9 rings (SSSR count). The van der Waals surface area contributed by atoms with Crippen LogP contribution in [0.15, 0.2) is 188 Å². The molecule has 0 fully saturated rings. The van der Waals surface area contributed by atoms with Crippen molar-refractivity contribution in [1.82, 2.24) is 4.98 Å². The largest absolute Gasteiger partial charge is 0.309 e. The Bertz CT molecular complexity index is 2610. The van der Waals surface area contributed by atoms with E-state index in [0.29, 0.717) is 0 Å². The van der Waals surface area contributed by atoms with E-state index in [1.54, 1.807) is 0 Å². The Morgan fingerprint density at radius 3 is 1.64 bits per heavy atom. The minimum Gasteiger partial charge on any atom is -0.309 e. The molecule has 50 heavy (non-hydrogen) atoms. The van der Waals surface area contributed by atoms with E-state index >= 15 is 0 Å². The zero-order valence-corrected chi connectivity index (χ0v) is 27.8. The molecule has 9 aromatic rings. The van der Waals surface area contributed by atoms with Crippen molar-refractivity contribution >= 4 is 49.4 Å². The van der Waals surface area contributed by atoms with E-state index in [2.05, 4.69) is 187 Å². The molecule has 2 heteroatoms. The minimum atomic E-state index is 1.02. The summed E-state index contributed by atoms with van der Waals surface area (Å²) in [6.45, 7) is 2.13. The van der Waals surface area contributed by atoms with Crippen LogP contribution >= 0.6 is 0 Å². The van der Waals surface area contributed by atoms with Gasteiger partial charge in [0.15, 0.2) is 0 Å². The molecule has 1 aromatic heterocycles. The molecule has 0 radical (unpaired) electrons. The van der Waals surface area contributed by atoms with Crippen LogP contribution in [0.2, 0.25) is 0 Å². The Labute approximate surface area is 292 Å². The van der Waals surface area contributed by atoms with Gasteiger partial charge in [-0.1, -0.05) is 139 Å². The molecule has 0 N–H and O–H groups in total. The van der Waals surface area contributed by atoms with Crippen LogP contribution in [0.1, 0.15) is 5.56 Å². The van der Waals surface area contributed by atoms with Crippen LogP contribution in [-0.4, -0.2) is 4.98 Å². The van der Waals surface area contributed by atoms with Crippen molar-refractivity contribution < 1.29 is 0 Å². The van der Waals surface area contributed by atoms with Crippen LogP contribution in [0.3, 0.4) is 0 Å². The highest BCUT2D eigenvalue weighted by Gasteiger charge is 2.22. The molecule has 0 aliphatic rings. The number of hydrogen-bond donors (Lipinski definition) is 0. The summed E-state index contributed by atoms with van der Waals surface area (Å²) >= 11 is 0. The fourth-order valence-corrected chi connectivity index (χ4v) is 7.50. The van der Waals surface area contributed by atoms with Gasteiger partial charge in [-0.3, -0.25) is 4.98 Å². The van der Waals surface area contributed by atoms with Gasteiger partial charge in [0.05, 0.1) is 11.9 Å². The van der Waals surface area contributed by atoms with E-state index in [1.165, 1.54) is 71.3 Å². The Hall–Kier alpha value is -6.51. The number of benzene rings is 8. The molecule has 0 unspecified atom stereocenters. The third kappa shape index (κ3) is 5.10. The molecule has 0 spiro atoms. The van der Waals surface area contributed by atoms with Crippen LogP contribution < -0.4 is 4.90 Å². The lowest BCUT2D eigenvalue weighted by Crippen LogP contribution is -2.10. The molecule has 0 amide bonds. The van der Waals surface area contributed by atoms with E-state index in [1.807, 2.05) is 18.5 Å². The SMILES string of the molecule is Cc1ccc(N(c2cccnc2)c2ccc3c(c2)c2ccccc2c2c(-c4ccccc4)cc(-c4ccccc4)c(-c4ccccc4)c32)cc1. The van der Waals surface area contributed by atoms with Gasteiger partial charge in [0, 0.05) is 17.6 Å². The Kier molecular flexibility index (Phi) is 7.40. The van der Waals surface area contributed by atoms with Gasteiger partial charge >= 0.3 is 0 Å². The van der Waals surface area contributed by atoms with Crippen LogP contribution in [0.5, 0.6) is 0 Å². The van der Waals surface area contributed by atoms with Gasteiger partial charge in [-0.15, -0.1) is 0 Å². The summed E-state index contributed by atoms with van der Waals surface area (Å²) < 4.78 is 0. The number of anilines is 3. The van der Waals surface area contributed by atoms with Gasteiger partial charge in [0.2, 0.25) is 0 Å². The average molecular weight is 639 g/mol. The number of nitrogens with zero attached hydrogens (tertiary/aromatic N) is 2. The molecule has 0 atom stereocenters. The predicted octanol–water partition coefficient (Wildman–Crippen LogP) is 13.3. The summed E-state index contributed by atoms with van der Waals surface area (Å²) in [5.74, 6) is 0. The fourth-order valence-electron chi connectivity index (χ4n) is 7.50. The molecule has 8 aromatic carbocycles. The maximum atomic E-state index is 4.51. The van der Waals surface area contributed by atoms with Gasteiger partial charge in [-0.25, -0.2) is 0 Å². The summed E-state index contributed by atoms with van der Waals surface area (Å²) in [6.07, 6.45) is 3.77. The molecular formula is C48H34N2. The highest BCUT2D eigenvalue weighted by molar-refractivity contribution is 6.33. The molecule has 1 heterocycles. The predicted molar refractivity (Wildman–Crippen MR) is 212 cm³/mol. The second-order valence-electron chi connectivity index (χ2n) is 12.9. The van der Waals surface area contributed by atoms with Crippen molar-refractivity contribution in [2.75, 3.05) is 4.90 Å². The van der Waals surface area contributed by atoms with Gasteiger partial charge in [-0.2, -0.15) is 0 Å². The first-order valence-corrected chi connectivity index (χ1v) is 17.1. The Morgan fingerprint density at radius 1 is 0.400 bits per heavy atom. The van der Waals surface area contributed by atoms with Crippen LogP contribution in [0.25, 0.3) is 65.7 Å². The number of rotatable bonds is 6. The first kappa shape index (κ1) is 29.6. The van der Waals surface area contributed by atoms with Crippen molar-refractivity contribution in [3.8, 4) is 33.4 Å². The molecular weight excluding hydrogens is 605 g/mol. The van der Waals surface area contributed by atoms with Gasteiger partial charge in [0.25, 0.3) is 0 Å². The second-order valence-corrected chi connectivity index (χ2v) is 12.9. The number of hydrogen-bond acceptors (Lipinski definition) is 2. The van der Waals surface area contributed by atoms with Crippen molar-refractivity contribution in [2.45, 2.75) is 6.92 Å². The monoisotopic (exact) mass is 638 g/mol. The maximum Gasteiger partial charge on any atom is 0.0644 e. The van der Waals surface area contributed by atoms with Crippen LogP contribution in [-0.2, 0) is 0 Å². The third-order valence-corrected chi connectivity index (χ3v) is 9.77. The zero-order chi connectivity index (χ0) is 33.4. The van der Waals surface area contributed by atoms with E-state index in [0.717, 1.165) is 17.1 Å². The lowest BCUT2D eigenvalue weighted by molar-refractivity contribution is 1.23. The molecule has 0 saturated heterocycles. The quantitative estimate of drug-likeness (QED) is 0.169. The van der Waals surface area contributed by atoms with E-state index < -0.39 is 0 Å². The van der Waals surface area contributed by atoms with Gasteiger partial charge < -0.3 is 4.90 Å². The molecule has 0 bridgehead atoms. The minimum absolute atomic E-state index is 1.02. The van der Waals surface area contributed by atoms with E-state index in [-0.39, 0.29) is 0 Å². The summed E-state index contributed by atoms with van der Waals surface area (Å²) in [7, 11) is 0. The zero-order valence-electron chi connectivity index (χ0n) is 27.8. The van der Waals surface area contributed by atoms with Gasteiger partial charge in [-0.05, 0) is 115 Å². The lowest BCUT2D eigenvalue weighted by atomic mass is 9.81.